The Bertz CT molecular complexity index is 672. The molecule has 0 radical (unpaired) electrons. The number of benzene rings is 1. The summed E-state index contributed by atoms with van der Waals surface area (Å²) < 4.78 is 0. The van der Waals surface area contributed by atoms with E-state index in [0.29, 0.717) is 18.8 Å². The van der Waals surface area contributed by atoms with E-state index in [4.69, 9.17) is 0 Å². The third-order valence-corrected chi connectivity index (χ3v) is 6.82. The molecule has 152 valence electrons. The van der Waals surface area contributed by atoms with E-state index < -0.39 is 0 Å². The van der Waals surface area contributed by atoms with Gasteiger partial charge < -0.3 is 4.90 Å². The Kier molecular flexibility index (Phi) is 6.15. The molecule has 6 heteroatoms. The SMILES string of the molecule is O=C(CCN1CCN(c2ccccc2)CC1)NNC(=O)C[C@@H]1C[C@H]2CC[C@@H]1C2. The van der Waals surface area contributed by atoms with Gasteiger partial charge >= 0.3 is 0 Å². The summed E-state index contributed by atoms with van der Waals surface area (Å²) in [6.07, 6.45) is 6.11. The van der Waals surface area contributed by atoms with Gasteiger partial charge in [-0.2, -0.15) is 0 Å². The van der Waals surface area contributed by atoms with Crippen molar-refractivity contribution in [3.8, 4) is 0 Å². The lowest BCUT2D eigenvalue weighted by atomic mass is 9.86. The fourth-order valence-electron chi connectivity index (χ4n) is 5.25. The van der Waals surface area contributed by atoms with E-state index >= 15 is 0 Å². The molecule has 2 N–H and O–H groups in total. The molecular formula is C22H32N4O2. The van der Waals surface area contributed by atoms with Gasteiger partial charge in [-0.15, -0.1) is 0 Å². The average molecular weight is 385 g/mol. The molecule has 2 aliphatic carbocycles. The smallest absolute Gasteiger partial charge is 0.239 e. The molecule has 6 nitrogen and oxygen atoms in total. The second-order valence-corrected chi connectivity index (χ2v) is 8.65. The molecule has 2 amide bonds. The number of hydrazine groups is 1. The third-order valence-electron chi connectivity index (χ3n) is 6.82. The Morgan fingerprint density at radius 1 is 0.929 bits per heavy atom. The van der Waals surface area contributed by atoms with Crippen molar-refractivity contribution in [1.29, 1.82) is 0 Å². The summed E-state index contributed by atoms with van der Waals surface area (Å²) in [5.74, 6) is 1.96. The molecule has 3 aliphatic rings. The summed E-state index contributed by atoms with van der Waals surface area (Å²) in [5, 5.41) is 0. The second kappa shape index (κ2) is 8.95. The second-order valence-electron chi connectivity index (χ2n) is 8.65. The minimum atomic E-state index is -0.105. The maximum Gasteiger partial charge on any atom is 0.239 e. The van der Waals surface area contributed by atoms with Gasteiger partial charge in [0.15, 0.2) is 0 Å². The molecule has 1 aliphatic heterocycles. The monoisotopic (exact) mass is 384 g/mol. The number of nitrogens with one attached hydrogen (secondary N) is 2. The zero-order valence-corrected chi connectivity index (χ0v) is 16.6. The van der Waals surface area contributed by atoms with Crippen molar-refractivity contribution < 1.29 is 9.59 Å². The van der Waals surface area contributed by atoms with Crippen LogP contribution in [0.2, 0.25) is 0 Å². The molecule has 28 heavy (non-hydrogen) atoms. The summed E-state index contributed by atoms with van der Waals surface area (Å²) >= 11 is 0. The van der Waals surface area contributed by atoms with Crippen LogP contribution in [-0.4, -0.2) is 49.4 Å². The van der Waals surface area contributed by atoms with Crippen LogP contribution in [0.1, 0.15) is 38.5 Å². The Morgan fingerprint density at radius 3 is 2.36 bits per heavy atom. The van der Waals surface area contributed by atoms with E-state index in [-0.39, 0.29) is 11.8 Å². The highest BCUT2D eigenvalue weighted by Crippen LogP contribution is 2.49. The molecule has 1 heterocycles. The lowest BCUT2D eigenvalue weighted by molar-refractivity contribution is -0.129. The first-order chi connectivity index (χ1) is 13.7. The summed E-state index contributed by atoms with van der Waals surface area (Å²) in [7, 11) is 0. The molecule has 1 aromatic rings. The number of carbonyl (C=O) groups is 2. The van der Waals surface area contributed by atoms with Crippen molar-refractivity contribution >= 4 is 17.5 Å². The number of rotatable bonds is 6. The summed E-state index contributed by atoms with van der Waals surface area (Å²) in [6, 6.07) is 10.5. The molecule has 0 unspecified atom stereocenters. The Morgan fingerprint density at radius 2 is 1.68 bits per heavy atom. The summed E-state index contributed by atoms with van der Waals surface area (Å²) in [4.78, 5) is 28.9. The lowest BCUT2D eigenvalue weighted by Gasteiger charge is -2.36. The van der Waals surface area contributed by atoms with Gasteiger partial charge in [-0.25, -0.2) is 0 Å². The van der Waals surface area contributed by atoms with Gasteiger partial charge in [0, 0.05) is 51.3 Å². The highest BCUT2D eigenvalue weighted by Gasteiger charge is 2.40. The van der Waals surface area contributed by atoms with Crippen LogP contribution in [0.3, 0.4) is 0 Å². The van der Waals surface area contributed by atoms with Crippen LogP contribution >= 0.6 is 0 Å². The minimum absolute atomic E-state index is 0.0395. The zero-order chi connectivity index (χ0) is 19.3. The van der Waals surface area contributed by atoms with Crippen LogP contribution in [-0.2, 0) is 9.59 Å². The number of fused-ring (bicyclic) bond motifs is 2. The maximum atomic E-state index is 12.1. The Labute approximate surface area is 167 Å². The predicted octanol–water partition coefficient (Wildman–Crippen LogP) is 2.17. The maximum absolute atomic E-state index is 12.1. The number of carbonyl (C=O) groups excluding carboxylic acids is 2. The van der Waals surface area contributed by atoms with E-state index in [1.165, 1.54) is 31.4 Å². The standard InChI is InChI=1S/C22H32N4O2/c27-21(23-24-22(28)16-19-15-17-6-7-18(19)14-17)8-9-25-10-12-26(13-11-25)20-4-2-1-3-5-20/h1-5,17-19H,6-16H2,(H,23,27)(H,24,28)/t17-,18+,19-/m0/s1. The molecule has 0 spiro atoms. The van der Waals surface area contributed by atoms with Gasteiger partial charge in [0.2, 0.25) is 11.8 Å². The molecule has 2 bridgehead atoms. The fourth-order valence-corrected chi connectivity index (χ4v) is 5.25. The molecular weight excluding hydrogens is 352 g/mol. The van der Waals surface area contributed by atoms with Gasteiger partial charge in [-0.1, -0.05) is 24.6 Å². The lowest BCUT2D eigenvalue weighted by Crippen LogP contribution is -2.48. The van der Waals surface area contributed by atoms with Crippen molar-refractivity contribution in [2.24, 2.45) is 17.8 Å². The van der Waals surface area contributed by atoms with Crippen molar-refractivity contribution in [1.82, 2.24) is 15.8 Å². The first-order valence-corrected chi connectivity index (χ1v) is 10.8. The molecule has 3 atom stereocenters. The third kappa shape index (κ3) is 4.85. The Hall–Kier alpha value is -2.08. The molecule has 0 aromatic heterocycles. The highest BCUT2D eigenvalue weighted by atomic mass is 16.2. The number of nitrogens with zero attached hydrogens (tertiary/aromatic N) is 2. The summed E-state index contributed by atoms with van der Waals surface area (Å²) in [6.45, 7) is 4.60. The van der Waals surface area contributed by atoms with Crippen LogP contribution < -0.4 is 15.8 Å². The van der Waals surface area contributed by atoms with Gasteiger partial charge in [0.1, 0.15) is 0 Å². The van der Waals surface area contributed by atoms with Crippen molar-refractivity contribution in [3.05, 3.63) is 30.3 Å². The van der Waals surface area contributed by atoms with Crippen molar-refractivity contribution in [2.75, 3.05) is 37.6 Å². The number of hydrogen-bond acceptors (Lipinski definition) is 4. The topological polar surface area (TPSA) is 64.7 Å². The highest BCUT2D eigenvalue weighted by molar-refractivity contribution is 5.82. The number of hydrogen-bond donors (Lipinski definition) is 2. The largest absolute Gasteiger partial charge is 0.369 e. The Balaban J connectivity index is 1.09. The number of piperazine rings is 1. The van der Waals surface area contributed by atoms with Crippen molar-refractivity contribution in [3.63, 3.8) is 0 Å². The fraction of sp³-hybridized carbons (Fsp3) is 0.636. The molecule has 2 saturated carbocycles. The van der Waals surface area contributed by atoms with Crippen LogP contribution in [0.4, 0.5) is 5.69 Å². The van der Waals surface area contributed by atoms with Crippen LogP contribution in [0.25, 0.3) is 0 Å². The molecule has 1 saturated heterocycles. The van der Waals surface area contributed by atoms with E-state index in [0.717, 1.165) is 44.6 Å². The zero-order valence-electron chi connectivity index (χ0n) is 16.6. The van der Waals surface area contributed by atoms with E-state index in [9.17, 15) is 9.59 Å². The van der Waals surface area contributed by atoms with E-state index in [2.05, 4.69) is 44.9 Å². The summed E-state index contributed by atoms with van der Waals surface area (Å²) in [5.41, 5.74) is 6.48. The molecule has 4 rings (SSSR count). The van der Waals surface area contributed by atoms with Gasteiger partial charge in [-0.3, -0.25) is 25.3 Å². The molecule has 1 aromatic carbocycles. The van der Waals surface area contributed by atoms with Crippen LogP contribution in [0, 0.1) is 17.8 Å². The number of amides is 2. The molecule has 3 fully saturated rings. The van der Waals surface area contributed by atoms with Gasteiger partial charge in [0.05, 0.1) is 0 Å². The average Bonchev–Trinajstić information content (AvgIpc) is 3.35. The minimum Gasteiger partial charge on any atom is -0.369 e. The first-order valence-electron chi connectivity index (χ1n) is 10.8. The van der Waals surface area contributed by atoms with E-state index in [1.807, 2.05) is 6.07 Å². The van der Waals surface area contributed by atoms with Gasteiger partial charge in [-0.05, 0) is 49.1 Å². The van der Waals surface area contributed by atoms with E-state index in [1.54, 1.807) is 0 Å². The first kappa shape index (κ1) is 19.2. The van der Waals surface area contributed by atoms with Crippen LogP contribution in [0.5, 0.6) is 0 Å². The predicted molar refractivity (Wildman–Crippen MR) is 110 cm³/mol. The quantitative estimate of drug-likeness (QED) is 0.738. The number of anilines is 1. The van der Waals surface area contributed by atoms with Gasteiger partial charge in [0.25, 0.3) is 0 Å². The van der Waals surface area contributed by atoms with Crippen LogP contribution in [0.15, 0.2) is 30.3 Å². The number of para-hydroxylation sites is 1. The normalized spacial score (nSPS) is 27.0. The van der Waals surface area contributed by atoms with Crippen molar-refractivity contribution in [2.45, 2.75) is 38.5 Å².